The summed E-state index contributed by atoms with van der Waals surface area (Å²) in [5.74, 6) is -3.64. The molecular weight excluding hydrogens is 459 g/mol. The minimum Gasteiger partial charge on any atom is -0.323 e. The summed E-state index contributed by atoms with van der Waals surface area (Å²) < 4.78 is 41.2. The molecule has 4 heterocycles. The van der Waals surface area contributed by atoms with Gasteiger partial charge in [-0.3, -0.25) is 19.3 Å². The maximum Gasteiger partial charge on any atom is 0.418 e. The number of imide groups is 1. The zero-order valence-electron chi connectivity index (χ0n) is 17.0. The zero-order valence-corrected chi connectivity index (χ0v) is 17.8. The van der Waals surface area contributed by atoms with Crippen LogP contribution >= 0.6 is 11.6 Å². The quantitative estimate of drug-likeness (QED) is 0.637. The molecule has 2 aromatic carbocycles. The Labute approximate surface area is 191 Å². The minimum atomic E-state index is -4.68. The van der Waals surface area contributed by atoms with Crippen molar-refractivity contribution in [3.8, 4) is 0 Å². The number of hydrogen-bond acceptors (Lipinski definition) is 4. The van der Waals surface area contributed by atoms with Crippen LogP contribution in [0.4, 0.5) is 24.5 Å². The Hall–Kier alpha value is -2.91. The number of nitrogens with zero attached hydrogens (tertiary/aromatic N) is 2. The van der Waals surface area contributed by atoms with Gasteiger partial charge in [-0.1, -0.05) is 23.7 Å². The van der Waals surface area contributed by atoms with Gasteiger partial charge in [0.2, 0.25) is 17.7 Å². The summed E-state index contributed by atoms with van der Waals surface area (Å²) >= 11 is 5.95. The normalized spacial score (nSPS) is 30.7. The Balaban J connectivity index is 1.56. The van der Waals surface area contributed by atoms with Crippen molar-refractivity contribution in [2.45, 2.75) is 30.6 Å². The van der Waals surface area contributed by atoms with E-state index in [1.54, 1.807) is 29.2 Å². The van der Waals surface area contributed by atoms with Gasteiger partial charge in [0.25, 0.3) is 0 Å². The van der Waals surface area contributed by atoms with Gasteiger partial charge in [-0.15, -0.1) is 0 Å². The standard InChI is InChI=1S/C23H17ClF3N3O3/c24-11-6-8-12(9-7-11)30-19(31)16-15-5-2-10-29(15)22(17(16)20(30)32)13-3-1-4-14(23(25,26)27)18(13)28-21(22)33/h1,3-4,6-9,15-17H,2,5,10H2,(H,28,33)/t15-,16-,17-,22+/m1/s1. The average molecular weight is 476 g/mol. The summed E-state index contributed by atoms with van der Waals surface area (Å²) in [4.78, 5) is 43.7. The molecule has 3 amide bonds. The van der Waals surface area contributed by atoms with E-state index in [9.17, 15) is 27.6 Å². The van der Waals surface area contributed by atoms with Crippen molar-refractivity contribution >= 4 is 40.7 Å². The zero-order chi connectivity index (χ0) is 23.3. The van der Waals surface area contributed by atoms with Gasteiger partial charge in [-0.25, -0.2) is 4.90 Å². The Morgan fingerprint density at radius 2 is 1.76 bits per heavy atom. The maximum atomic E-state index is 13.8. The third kappa shape index (κ3) is 2.46. The maximum absolute atomic E-state index is 13.8. The number of hydrogen-bond donors (Lipinski definition) is 1. The molecule has 4 atom stereocenters. The smallest absolute Gasteiger partial charge is 0.323 e. The SMILES string of the molecule is O=C1[C@@H]2[C@H]3CCCN3[C@]3(C(=O)Nc4c(C(F)(F)F)cccc43)[C@H]2C(=O)N1c1ccc(Cl)cc1. The molecule has 0 saturated carbocycles. The third-order valence-electron chi connectivity index (χ3n) is 7.42. The van der Waals surface area contributed by atoms with Crippen LogP contribution in [0.25, 0.3) is 0 Å². The number of benzene rings is 2. The Morgan fingerprint density at radius 3 is 2.45 bits per heavy atom. The summed E-state index contributed by atoms with van der Waals surface area (Å²) in [6.45, 7) is 0.419. The highest BCUT2D eigenvalue weighted by molar-refractivity contribution is 6.31. The van der Waals surface area contributed by atoms with Crippen molar-refractivity contribution < 1.29 is 27.6 Å². The van der Waals surface area contributed by atoms with Crippen LogP contribution in [0.1, 0.15) is 24.0 Å². The van der Waals surface area contributed by atoms with Crippen LogP contribution in [0.15, 0.2) is 42.5 Å². The van der Waals surface area contributed by atoms with Crippen molar-refractivity contribution in [1.29, 1.82) is 0 Å². The van der Waals surface area contributed by atoms with Gasteiger partial charge in [0.05, 0.1) is 28.8 Å². The van der Waals surface area contributed by atoms with Crippen LogP contribution < -0.4 is 10.2 Å². The van der Waals surface area contributed by atoms with Crippen LogP contribution in [-0.2, 0) is 26.1 Å². The van der Waals surface area contributed by atoms with Crippen molar-refractivity contribution in [3.05, 3.63) is 58.6 Å². The molecule has 33 heavy (non-hydrogen) atoms. The van der Waals surface area contributed by atoms with Gasteiger partial charge in [0.15, 0.2) is 0 Å². The number of rotatable bonds is 1. The van der Waals surface area contributed by atoms with E-state index in [-0.39, 0.29) is 11.3 Å². The molecule has 6 nitrogen and oxygen atoms in total. The topological polar surface area (TPSA) is 69.7 Å². The lowest BCUT2D eigenvalue weighted by molar-refractivity contribution is -0.137. The third-order valence-corrected chi connectivity index (χ3v) is 7.67. The molecule has 0 aliphatic carbocycles. The molecule has 2 aromatic rings. The van der Waals surface area contributed by atoms with E-state index in [4.69, 9.17) is 11.6 Å². The first-order valence-corrected chi connectivity index (χ1v) is 11.0. The molecular formula is C23H17ClF3N3O3. The first-order valence-electron chi connectivity index (χ1n) is 10.6. The molecule has 3 saturated heterocycles. The highest BCUT2D eigenvalue weighted by atomic mass is 35.5. The summed E-state index contributed by atoms with van der Waals surface area (Å²) in [7, 11) is 0. The minimum absolute atomic E-state index is 0.112. The molecule has 6 rings (SSSR count). The number of carbonyl (C=O) groups excluding carboxylic acids is 3. The van der Waals surface area contributed by atoms with E-state index >= 15 is 0 Å². The molecule has 0 bridgehead atoms. The van der Waals surface area contributed by atoms with Crippen LogP contribution in [0, 0.1) is 11.8 Å². The van der Waals surface area contributed by atoms with Crippen molar-refractivity contribution in [3.63, 3.8) is 0 Å². The molecule has 1 N–H and O–H groups in total. The molecule has 0 radical (unpaired) electrons. The fraction of sp³-hybridized carbons (Fsp3) is 0.348. The Kier molecular flexibility index (Phi) is 4.12. The van der Waals surface area contributed by atoms with Crippen LogP contribution in [0.5, 0.6) is 0 Å². The van der Waals surface area contributed by atoms with E-state index < -0.39 is 52.9 Å². The van der Waals surface area contributed by atoms with Crippen molar-refractivity contribution in [2.75, 3.05) is 16.8 Å². The van der Waals surface area contributed by atoms with Crippen LogP contribution in [0.2, 0.25) is 5.02 Å². The Bertz CT molecular complexity index is 1230. The number of carbonyl (C=O) groups is 3. The second kappa shape index (κ2) is 6.57. The number of nitrogens with one attached hydrogen (secondary N) is 1. The second-order valence-electron chi connectivity index (χ2n) is 8.84. The van der Waals surface area contributed by atoms with Gasteiger partial charge >= 0.3 is 6.18 Å². The van der Waals surface area contributed by atoms with E-state index in [0.29, 0.717) is 30.1 Å². The van der Waals surface area contributed by atoms with E-state index in [1.807, 2.05) is 0 Å². The molecule has 4 aliphatic rings. The first kappa shape index (κ1) is 20.7. The van der Waals surface area contributed by atoms with Gasteiger partial charge < -0.3 is 5.32 Å². The number of halogens is 4. The lowest BCUT2D eigenvalue weighted by Crippen LogP contribution is -2.54. The molecule has 10 heteroatoms. The van der Waals surface area contributed by atoms with Gasteiger partial charge in [-0.2, -0.15) is 13.2 Å². The number of para-hydroxylation sites is 1. The Morgan fingerprint density at radius 1 is 1.03 bits per heavy atom. The van der Waals surface area contributed by atoms with Gasteiger partial charge in [0, 0.05) is 16.6 Å². The summed E-state index contributed by atoms with van der Waals surface area (Å²) in [5.41, 5.74) is -2.51. The van der Waals surface area contributed by atoms with E-state index in [1.165, 1.54) is 12.1 Å². The second-order valence-corrected chi connectivity index (χ2v) is 9.28. The predicted octanol–water partition coefficient (Wildman–Crippen LogP) is 3.79. The number of alkyl halides is 3. The monoisotopic (exact) mass is 475 g/mol. The highest BCUT2D eigenvalue weighted by Crippen LogP contribution is 2.61. The largest absolute Gasteiger partial charge is 0.418 e. The fourth-order valence-corrected chi connectivity index (χ4v) is 6.44. The van der Waals surface area contributed by atoms with Crippen LogP contribution in [-0.4, -0.2) is 35.2 Å². The molecule has 3 fully saturated rings. The summed E-state index contributed by atoms with van der Waals surface area (Å²) in [6.07, 6.45) is -3.42. The molecule has 0 aromatic heterocycles. The summed E-state index contributed by atoms with van der Waals surface area (Å²) in [6, 6.07) is 9.41. The number of amides is 3. The number of anilines is 2. The molecule has 170 valence electrons. The average Bonchev–Trinajstić information content (AvgIpc) is 3.46. The van der Waals surface area contributed by atoms with Crippen molar-refractivity contribution in [1.82, 2.24) is 4.90 Å². The van der Waals surface area contributed by atoms with Gasteiger partial charge in [-0.05, 0) is 49.7 Å². The van der Waals surface area contributed by atoms with E-state index in [0.717, 1.165) is 11.0 Å². The van der Waals surface area contributed by atoms with Crippen molar-refractivity contribution in [2.24, 2.45) is 11.8 Å². The van der Waals surface area contributed by atoms with E-state index in [2.05, 4.69) is 5.32 Å². The predicted molar refractivity (Wildman–Crippen MR) is 112 cm³/mol. The molecule has 1 spiro atoms. The molecule has 4 aliphatic heterocycles. The molecule has 0 unspecified atom stereocenters. The lowest BCUT2D eigenvalue weighted by atomic mass is 9.75. The van der Waals surface area contributed by atoms with Crippen LogP contribution in [0.3, 0.4) is 0 Å². The lowest BCUT2D eigenvalue weighted by Gasteiger charge is -2.36. The highest BCUT2D eigenvalue weighted by Gasteiger charge is 2.75. The fourth-order valence-electron chi connectivity index (χ4n) is 6.31. The first-order chi connectivity index (χ1) is 15.7. The summed E-state index contributed by atoms with van der Waals surface area (Å²) in [5, 5.41) is 2.86. The number of fused-ring (bicyclic) bond motifs is 7. The van der Waals surface area contributed by atoms with Gasteiger partial charge in [0.1, 0.15) is 5.54 Å².